The van der Waals surface area contributed by atoms with Gasteiger partial charge in [0.15, 0.2) is 5.72 Å². The van der Waals surface area contributed by atoms with Crippen molar-refractivity contribution < 1.29 is 9.13 Å². The molecule has 5 heteroatoms. The van der Waals surface area contributed by atoms with E-state index in [4.69, 9.17) is 16.3 Å². The van der Waals surface area contributed by atoms with E-state index in [1.54, 1.807) is 12.1 Å². The molecule has 1 unspecified atom stereocenters. The Balaban J connectivity index is 1.79. The average Bonchev–Trinajstić information content (AvgIpc) is 2.95. The van der Waals surface area contributed by atoms with Gasteiger partial charge in [0.05, 0.1) is 11.7 Å². The number of benzene rings is 2. The molecule has 4 rings (SSSR count). The van der Waals surface area contributed by atoms with Gasteiger partial charge in [0.1, 0.15) is 11.6 Å². The number of fused-ring (bicyclic) bond motifs is 3. The standard InChI is InChI=1S/C18H16ClFN2O/c1-18(2)22-16(14-9-12(19)5-8-17(14)23-18)10-15(21-22)11-3-6-13(20)7-4-11/h3-10,16,21H,1-2H3. The summed E-state index contributed by atoms with van der Waals surface area (Å²) in [5.74, 6) is 0.588. The number of hydrogen-bond donors (Lipinski definition) is 1. The lowest BCUT2D eigenvalue weighted by Gasteiger charge is -2.44. The number of nitrogens with zero attached hydrogens (tertiary/aromatic N) is 1. The SMILES string of the molecule is CC1(C)Oc2ccc(Cl)cc2C2C=C(c3ccc(F)cc3)NN21. The maximum atomic E-state index is 13.1. The van der Waals surface area contributed by atoms with Crippen molar-refractivity contribution >= 4 is 17.3 Å². The molecule has 1 atom stereocenters. The Hall–Kier alpha value is -2.04. The van der Waals surface area contributed by atoms with Gasteiger partial charge in [-0.2, -0.15) is 5.01 Å². The Labute approximate surface area is 139 Å². The summed E-state index contributed by atoms with van der Waals surface area (Å²) < 4.78 is 19.3. The van der Waals surface area contributed by atoms with Gasteiger partial charge in [0, 0.05) is 10.6 Å². The number of hydrazine groups is 1. The molecule has 0 aliphatic carbocycles. The van der Waals surface area contributed by atoms with Crippen LogP contribution in [0.3, 0.4) is 0 Å². The van der Waals surface area contributed by atoms with Crippen molar-refractivity contribution in [1.82, 2.24) is 10.4 Å². The number of ether oxygens (including phenoxy) is 1. The van der Waals surface area contributed by atoms with E-state index in [0.29, 0.717) is 5.02 Å². The number of halogens is 2. The summed E-state index contributed by atoms with van der Waals surface area (Å²) in [7, 11) is 0. The second-order valence-electron chi connectivity index (χ2n) is 6.24. The first-order valence-electron chi connectivity index (χ1n) is 7.46. The van der Waals surface area contributed by atoms with E-state index in [-0.39, 0.29) is 11.9 Å². The largest absolute Gasteiger partial charge is 0.471 e. The van der Waals surface area contributed by atoms with Gasteiger partial charge in [-0.1, -0.05) is 11.6 Å². The second-order valence-corrected chi connectivity index (χ2v) is 6.68. The summed E-state index contributed by atoms with van der Waals surface area (Å²) in [6, 6.07) is 12.1. The van der Waals surface area contributed by atoms with Crippen LogP contribution in [0.2, 0.25) is 5.02 Å². The maximum absolute atomic E-state index is 13.1. The van der Waals surface area contributed by atoms with Gasteiger partial charge < -0.3 is 10.2 Å². The van der Waals surface area contributed by atoms with E-state index in [1.165, 1.54) is 12.1 Å². The van der Waals surface area contributed by atoms with Crippen molar-refractivity contribution in [2.75, 3.05) is 0 Å². The fourth-order valence-corrected chi connectivity index (χ4v) is 3.30. The minimum atomic E-state index is -0.524. The molecular weight excluding hydrogens is 315 g/mol. The van der Waals surface area contributed by atoms with Crippen molar-refractivity contribution in [1.29, 1.82) is 0 Å². The molecule has 0 amide bonds. The molecule has 23 heavy (non-hydrogen) atoms. The molecule has 3 nitrogen and oxygen atoms in total. The predicted molar refractivity (Wildman–Crippen MR) is 88.3 cm³/mol. The highest BCUT2D eigenvalue weighted by molar-refractivity contribution is 6.30. The fourth-order valence-electron chi connectivity index (χ4n) is 3.12. The molecular formula is C18H16ClFN2O. The average molecular weight is 331 g/mol. The molecule has 2 aromatic rings. The van der Waals surface area contributed by atoms with Crippen molar-refractivity contribution in [2.24, 2.45) is 0 Å². The lowest BCUT2D eigenvalue weighted by Crippen LogP contribution is -2.55. The zero-order chi connectivity index (χ0) is 16.2. The summed E-state index contributed by atoms with van der Waals surface area (Å²) >= 11 is 6.15. The molecule has 0 saturated carbocycles. The molecule has 1 N–H and O–H groups in total. The van der Waals surface area contributed by atoms with E-state index in [0.717, 1.165) is 22.6 Å². The summed E-state index contributed by atoms with van der Waals surface area (Å²) in [4.78, 5) is 0. The zero-order valence-corrected chi connectivity index (χ0v) is 13.6. The van der Waals surface area contributed by atoms with E-state index in [2.05, 4.69) is 11.5 Å². The number of nitrogens with one attached hydrogen (secondary N) is 1. The molecule has 2 aromatic carbocycles. The molecule has 0 bridgehead atoms. The summed E-state index contributed by atoms with van der Waals surface area (Å²) in [6.45, 7) is 4.01. The van der Waals surface area contributed by atoms with Crippen LogP contribution >= 0.6 is 11.6 Å². The lowest BCUT2D eigenvalue weighted by atomic mass is 10.00. The van der Waals surface area contributed by atoms with Gasteiger partial charge in [-0.15, -0.1) is 0 Å². The van der Waals surface area contributed by atoms with Crippen molar-refractivity contribution in [2.45, 2.75) is 25.6 Å². The molecule has 2 heterocycles. The Kier molecular flexibility index (Phi) is 3.15. The van der Waals surface area contributed by atoms with Gasteiger partial charge in [0.25, 0.3) is 0 Å². The van der Waals surface area contributed by atoms with Gasteiger partial charge in [0.2, 0.25) is 0 Å². The number of rotatable bonds is 1. The third-order valence-corrected chi connectivity index (χ3v) is 4.46. The van der Waals surface area contributed by atoms with Crippen molar-refractivity contribution in [3.63, 3.8) is 0 Å². The van der Waals surface area contributed by atoms with Crippen LogP contribution in [-0.4, -0.2) is 10.7 Å². The minimum absolute atomic E-state index is 0.00695. The molecule has 118 valence electrons. The first kappa shape index (κ1) is 14.5. The first-order valence-corrected chi connectivity index (χ1v) is 7.84. The molecule has 0 saturated heterocycles. The van der Waals surface area contributed by atoms with Gasteiger partial charge in [-0.05, 0) is 68.0 Å². The highest BCUT2D eigenvalue weighted by Gasteiger charge is 2.44. The third-order valence-electron chi connectivity index (χ3n) is 4.23. The molecule has 0 radical (unpaired) electrons. The quantitative estimate of drug-likeness (QED) is 0.832. The first-order chi connectivity index (χ1) is 10.9. The van der Waals surface area contributed by atoms with Gasteiger partial charge >= 0.3 is 0 Å². The number of hydrogen-bond acceptors (Lipinski definition) is 3. The van der Waals surface area contributed by atoms with E-state index >= 15 is 0 Å². The van der Waals surface area contributed by atoms with E-state index in [1.807, 2.05) is 37.1 Å². The normalized spacial score (nSPS) is 21.7. The molecule has 0 fully saturated rings. The van der Waals surface area contributed by atoms with Crippen LogP contribution < -0.4 is 10.2 Å². The summed E-state index contributed by atoms with van der Waals surface area (Å²) in [6.07, 6.45) is 2.12. The van der Waals surface area contributed by atoms with E-state index in [9.17, 15) is 4.39 Å². The third kappa shape index (κ3) is 2.38. The van der Waals surface area contributed by atoms with Crippen LogP contribution in [0.1, 0.15) is 31.0 Å². The summed E-state index contributed by atoms with van der Waals surface area (Å²) in [5, 5.41) is 2.72. The smallest absolute Gasteiger partial charge is 0.174 e. The van der Waals surface area contributed by atoms with Gasteiger partial charge in [-0.3, -0.25) is 0 Å². The maximum Gasteiger partial charge on any atom is 0.174 e. The lowest BCUT2D eigenvalue weighted by molar-refractivity contribution is -0.103. The van der Waals surface area contributed by atoms with Crippen LogP contribution in [0.5, 0.6) is 5.75 Å². The van der Waals surface area contributed by atoms with Gasteiger partial charge in [-0.25, -0.2) is 4.39 Å². The predicted octanol–water partition coefficient (Wildman–Crippen LogP) is 4.51. The van der Waals surface area contributed by atoms with Crippen LogP contribution in [0.15, 0.2) is 48.5 Å². The van der Waals surface area contributed by atoms with Crippen molar-refractivity contribution in [3.8, 4) is 5.75 Å². The molecule has 2 aliphatic rings. The molecule has 0 aromatic heterocycles. The molecule has 0 spiro atoms. The highest BCUT2D eigenvalue weighted by Crippen LogP contribution is 2.45. The Morgan fingerprint density at radius 2 is 1.91 bits per heavy atom. The topological polar surface area (TPSA) is 24.5 Å². The van der Waals surface area contributed by atoms with Crippen LogP contribution in [0.25, 0.3) is 5.70 Å². The van der Waals surface area contributed by atoms with E-state index < -0.39 is 5.72 Å². The fraction of sp³-hybridized carbons (Fsp3) is 0.222. The summed E-state index contributed by atoms with van der Waals surface area (Å²) in [5.41, 5.74) is 5.74. The molecule has 2 aliphatic heterocycles. The Morgan fingerprint density at radius 3 is 2.65 bits per heavy atom. The van der Waals surface area contributed by atoms with Crippen LogP contribution in [0.4, 0.5) is 4.39 Å². The monoisotopic (exact) mass is 330 g/mol. The Morgan fingerprint density at radius 1 is 1.17 bits per heavy atom. The minimum Gasteiger partial charge on any atom is -0.471 e. The Bertz CT molecular complexity index is 801. The van der Waals surface area contributed by atoms with Crippen molar-refractivity contribution in [3.05, 3.63) is 70.5 Å². The second kappa shape index (κ2) is 4.98. The van der Waals surface area contributed by atoms with Crippen LogP contribution in [0, 0.1) is 5.82 Å². The highest BCUT2D eigenvalue weighted by atomic mass is 35.5. The zero-order valence-electron chi connectivity index (χ0n) is 12.8. The van der Waals surface area contributed by atoms with Crippen LogP contribution in [-0.2, 0) is 0 Å².